The van der Waals surface area contributed by atoms with Gasteiger partial charge in [-0.05, 0) is 30.7 Å². The van der Waals surface area contributed by atoms with Crippen molar-refractivity contribution in [2.45, 2.75) is 12.3 Å². The Labute approximate surface area is 143 Å². The molecule has 1 aliphatic rings. The fraction of sp³-hybridized carbons (Fsp3) is 0.278. The number of carbonyl (C=O) groups is 1. The second-order valence-electron chi connectivity index (χ2n) is 6.08. The first-order chi connectivity index (χ1) is 12.2. The number of aromatic amines is 1. The highest BCUT2D eigenvalue weighted by molar-refractivity contribution is 5.79. The Kier molecular flexibility index (Phi) is 3.97. The van der Waals surface area contributed by atoms with Gasteiger partial charge in [0.15, 0.2) is 6.61 Å². The number of hydrogen-bond acceptors (Lipinski definition) is 5. The van der Waals surface area contributed by atoms with Crippen LogP contribution in [0.4, 0.5) is 0 Å². The maximum Gasteiger partial charge on any atom is 0.336 e. The third-order valence-corrected chi connectivity index (χ3v) is 4.46. The van der Waals surface area contributed by atoms with Crippen LogP contribution in [0.2, 0.25) is 0 Å². The average Bonchev–Trinajstić information content (AvgIpc) is 3.30. The second-order valence-corrected chi connectivity index (χ2v) is 6.08. The molecular formula is C18H17N3O4. The summed E-state index contributed by atoms with van der Waals surface area (Å²) in [7, 11) is 0. The van der Waals surface area contributed by atoms with Crippen LogP contribution in [-0.4, -0.2) is 40.7 Å². The fourth-order valence-corrected chi connectivity index (χ4v) is 3.10. The predicted molar refractivity (Wildman–Crippen MR) is 90.5 cm³/mol. The molecule has 1 saturated heterocycles. The van der Waals surface area contributed by atoms with Crippen LogP contribution < -0.4 is 10.4 Å². The summed E-state index contributed by atoms with van der Waals surface area (Å²) >= 11 is 0. The van der Waals surface area contributed by atoms with Gasteiger partial charge in [0.05, 0.1) is 0 Å². The van der Waals surface area contributed by atoms with Crippen molar-refractivity contribution < 1.29 is 13.9 Å². The maximum atomic E-state index is 12.4. The Bertz CT molecular complexity index is 948. The zero-order valence-corrected chi connectivity index (χ0v) is 13.5. The van der Waals surface area contributed by atoms with Gasteiger partial charge in [0.2, 0.25) is 0 Å². The zero-order valence-electron chi connectivity index (χ0n) is 13.5. The highest BCUT2D eigenvalue weighted by Gasteiger charge is 2.28. The minimum absolute atomic E-state index is 0.0434. The Balaban J connectivity index is 1.38. The van der Waals surface area contributed by atoms with Crippen molar-refractivity contribution in [3.8, 4) is 5.75 Å². The molecule has 1 fully saturated rings. The van der Waals surface area contributed by atoms with Crippen molar-refractivity contribution in [3.05, 3.63) is 58.7 Å². The summed E-state index contributed by atoms with van der Waals surface area (Å²) in [6.07, 6.45) is 2.64. The number of hydrogen-bond donors (Lipinski definition) is 1. The number of ether oxygens (including phenoxy) is 1. The average molecular weight is 339 g/mol. The minimum Gasteiger partial charge on any atom is -0.484 e. The lowest BCUT2D eigenvalue weighted by atomic mass is 10.1. The number of amides is 1. The molecule has 0 spiro atoms. The topological polar surface area (TPSA) is 88.4 Å². The van der Waals surface area contributed by atoms with E-state index in [-0.39, 0.29) is 12.5 Å². The van der Waals surface area contributed by atoms with Gasteiger partial charge < -0.3 is 14.1 Å². The van der Waals surface area contributed by atoms with Gasteiger partial charge in [-0.15, -0.1) is 0 Å². The van der Waals surface area contributed by atoms with E-state index >= 15 is 0 Å². The Morgan fingerprint density at radius 2 is 2.20 bits per heavy atom. The van der Waals surface area contributed by atoms with E-state index in [0.29, 0.717) is 30.3 Å². The van der Waals surface area contributed by atoms with Gasteiger partial charge in [0, 0.05) is 48.4 Å². The summed E-state index contributed by atoms with van der Waals surface area (Å²) in [5, 5.41) is 7.73. The lowest BCUT2D eigenvalue weighted by Crippen LogP contribution is -2.32. The Morgan fingerprint density at radius 3 is 3.04 bits per heavy atom. The van der Waals surface area contributed by atoms with E-state index in [1.54, 1.807) is 35.4 Å². The molecule has 0 saturated carbocycles. The van der Waals surface area contributed by atoms with Gasteiger partial charge in [-0.1, -0.05) is 0 Å². The van der Waals surface area contributed by atoms with Crippen molar-refractivity contribution in [3.63, 3.8) is 0 Å². The van der Waals surface area contributed by atoms with E-state index in [1.807, 2.05) is 6.07 Å². The molecule has 1 unspecified atom stereocenters. The summed E-state index contributed by atoms with van der Waals surface area (Å²) in [4.78, 5) is 25.4. The molecule has 0 radical (unpaired) electrons. The fourth-order valence-electron chi connectivity index (χ4n) is 3.10. The van der Waals surface area contributed by atoms with Gasteiger partial charge in [-0.3, -0.25) is 9.89 Å². The number of aromatic nitrogens is 2. The van der Waals surface area contributed by atoms with E-state index in [4.69, 9.17) is 9.15 Å². The van der Waals surface area contributed by atoms with Crippen LogP contribution in [0.1, 0.15) is 18.0 Å². The van der Waals surface area contributed by atoms with Gasteiger partial charge in [0.1, 0.15) is 11.3 Å². The highest BCUT2D eigenvalue weighted by Crippen LogP contribution is 2.25. The molecule has 1 aliphatic heterocycles. The second kappa shape index (κ2) is 6.43. The molecule has 3 heterocycles. The van der Waals surface area contributed by atoms with Crippen LogP contribution in [-0.2, 0) is 4.79 Å². The largest absolute Gasteiger partial charge is 0.484 e. The van der Waals surface area contributed by atoms with Gasteiger partial charge >= 0.3 is 5.63 Å². The van der Waals surface area contributed by atoms with E-state index in [0.717, 1.165) is 17.5 Å². The number of rotatable bonds is 4. The Hall–Kier alpha value is -3.09. The van der Waals surface area contributed by atoms with Crippen molar-refractivity contribution in [1.29, 1.82) is 0 Å². The summed E-state index contributed by atoms with van der Waals surface area (Å²) < 4.78 is 10.7. The number of carbonyl (C=O) groups excluding carboxylic acids is 1. The lowest BCUT2D eigenvalue weighted by molar-refractivity contribution is -0.132. The number of likely N-dealkylation sites (tertiary alicyclic amines) is 1. The van der Waals surface area contributed by atoms with E-state index in [1.165, 1.54) is 6.07 Å². The highest BCUT2D eigenvalue weighted by atomic mass is 16.5. The molecule has 3 aromatic rings. The van der Waals surface area contributed by atoms with Crippen molar-refractivity contribution in [1.82, 2.24) is 15.1 Å². The standard InChI is InChI=1S/C18H17N3O4/c22-17(21-8-6-13(10-21)15-5-7-19-20-15)11-24-14-3-1-12-2-4-18(23)25-16(12)9-14/h1-5,7,9,13H,6,8,10-11H2,(H,19,20). The number of fused-ring (bicyclic) bond motifs is 1. The van der Waals surface area contributed by atoms with E-state index < -0.39 is 5.63 Å². The van der Waals surface area contributed by atoms with Crippen LogP contribution in [0.15, 0.2) is 51.8 Å². The Morgan fingerprint density at radius 1 is 1.32 bits per heavy atom. The molecule has 7 nitrogen and oxygen atoms in total. The molecule has 1 amide bonds. The maximum absolute atomic E-state index is 12.4. The normalized spacial score (nSPS) is 17.1. The number of nitrogens with zero attached hydrogens (tertiary/aromatic N) is 2. The first-order valence-electron chi connectivity index (χ1n) is 8.13. The van der Waals surface area contributed by atoms with Crippen LogP contribution in [0.3, 0.4) is 0 Å². The van der Waals surface area contributed by atoms with Gasteiger partial charge in [-0.2, -0.15) is 5.10 Å². The molecule has 25 heavy (non-hydrogen) atoms. The molecule has 7 heteroatoms. The van der Waals surface area contributed by atoms with Crippen LogP contribution in [0, 0.1) is 0 Å². The predicted octanol–water partition coefficient (Wildman–Crippen LogP) is 1.91. The molecule has 0 bridgehead atoms. The molecule has 2 aromatic heterocycles. The molecule has 4 rings (SSSR count). The molecule has 1 aromatic carbocycles. The van der Waals surface area contributed by atoms with Crippen LogP contribution in [0.5, 0.6) is 5.75 Å². The van der Waals surface area contributed by atoms with Crippen LogP contribution in [0.25, 0.3) is 11.0 Å². The van der Waals surface area contributed by atoms with E-state index in [9.17, 15) is 9.59 Å². The quantitative estimate of drug-likeness (QED) is 0.734. The smallest absolute Gasteiger partial charge is 0.336 e. The van der Waals surface area contributed by atoms with Crippen molar-refractivity contribution in [2.75, 3.05) is 19.7 Å². The third-order valence-electron chi connectivity index (χ3n) is 4.46. The summed E-state index contributed by atoms with van der Waals surface area (Å²) in [6.45, 7) is 1.33. The van der Waals surface area contributed by atoms with Gasteiger partial charge in [0.25, 0.3) is 5.91 Å². The summed E-state index contributed by atoms with van der Waals surface area (Å²) in [5.41, 5.74) is 1.08. The molecule has 128 valence electrons. The summed E-state index contributed by atoms with van der Waals surface area (Å²) in [6, 6.07) is 10.2. The van der Waals surface area contributed by atoms with Crippen molar-refractivity contribution in [2.24, 2.45) is 0 Å². The molecule has 0 aliphatic carbocycles. The first kappa shape index (κ1) is 15.4. The number of nitrogens with one attached hydrogen (secondary N) is 1. The SMILES string of the molecule is O=C(COc1ccc2ccc(=O)oc2c1)N1CCC(c2ccn[nH]2)C1. The van der Waals surface area contributed by atoms with Gasteiger partial charge in [-0.25, -0.2) is 4.79 Å². The lowest BCUT2D eigenvalue weighted by Gasteiger charge is -2.16. The number of H-pyrrole nitrogens is 1. The monoisotopic (exact) mass is 339 g/mol. The minimum atomic E-state index is -0.414. The van der Waals surface area contributed by atoms with E-state index in [2.05, 4.69) is 10.2 Å². The molecular weight excluding hydrogens is 322 g/mol. The van der Waals surface area contributed by atoms with Crippen molar-refractivity contribution >= 4 is 16.9 Å². The third kappa shape index (κ3) is 3.26. The molecule has 1 N–H and O–H groups in total. The van der Waals surface area contributed by atoms with Crippen LogP contribution >= 0.6 is 0 Å². The first-order valence-corrected chi connectivity index (χ1v) is 8.13. The zero-order chi connectivity index (χ0) is 17.2. The summed E-state index contributed by atoms with van der Waals surface area (Å²) in [5.74, 6) is 0.734. The number of benzene rings is 1. The molecule has 1 atom stereocenters.